The number of amides is 1. The zero-order valence-electron chi connectivity index (χ0n) is 12.5. The van der Waals surface area contributed by atoms with Gasteiger partial charge in [0.25, 0.3) is 0 Å². The highest BCUT2D eigenvalue weighted by molar-refractivity contribution is 5.69. The van der Waals surface area contributed by atoms with Crippen molar-refractivity contribution in [3.63, 3.8) is 0 Å². The lowest BCUT2D eigenvalue weighted by molar-refractivity contribution is -0.140. The van der Waals surface area contributed by atoms with Crippen LogP contribution in [0.3, 0.4) is 0 Å². The normalized spacial score (nSPS) is 13.1. The lowest BCUT2D eigenvalue weighted by Crippen LogP contribution is -2.36. The molecule has 19 heavy (non-hydrogen) atoms. The molecule has 0 rings (SSSR count). The molecule has 0 heterocycles. The van der Waals surface area contributed by atoms with Crippen LogP contribution in [0, 0.1) is 0 Å². The van der Waals surface area contributed by atoms with Crippen LogP contribution in [0.5, 0.6) is 0 Å². The Kier molecular flexibility index (Phi) is 7.87. The van der Waals surface area contributed by atoms with E-state index in [1.54, 1.807) is 0 Å². The van der Waals surface area contributed by atoms with Crippen LogP contribution in [-0.4, -0.2) is 30.8 Å². The van der Waals surface area contributed by atoms with Crippen molar-refractivity contribution in [1.29, 1.82) is 0 Å². The van der Waals surface area contributed by atoms with Crippen molar-refractivity contribution in [3.05, 3.63) is 12.2 Å². The molecule has 5 nitrogen and oxygen atoms in total. The number of hydrogen-bond donors (Lipinski definition) is 1. The molecule has 1 amide bonds. The number of allylic oxidation sites excluding steroid dienone is 1. The summed E-state index contributed by atoms with van der Waals surface area (Å²) < 4.78 is 9.68. The second kappa shape index (κ2) is 8.56. The highest BCUT2D eigenvalue weighted by Gasteiger charge is 2.16. The fourth-order valence-electron chi connectivity index (χ4n) is 1.31. The summed E-state index contributed by atoms with van der Waals surface area (Å²) in [4.78, 5) is 22.3. The van der Waals surface area contributed by atoms with Crippen LogP contribution in [-0.2, 0) is 14.3 Å². The number of ether oxygens (including phenoxy) is 2. The second-order valence-corrected chi connectivity index (χ2v) is 5.33. The van der Waals surface area contributed by atoms with Crippen molar-refractivity contribution in [2.45, 2.75) is 58.6 Å². The molecule has 0 saturated carbocycles. The van der Waals surface area contributed by atoms with Crippen molar-refractivity contribution in [1.82, 2.24) is 5.32 Å². The van der Waals surface area contributed by atoms with Crippen molar-refractivity contribution < 1.29 is 19.1 Å². The topological polar surface area (TPSA) is 64.6 Å². The molecule has 0 fully saturated rings. The quantitative estimate of drug-likeness (QED) is 0.458. The third kappa shape index (κ3) is 11.3. The van der Waals surface area contributed by atoms with Gasteiger partial charge in [-0.3, -0.25) is 4.79 Å². The standard InChI is InChI=1S/C14H25NO4/c1-11(15-13(17)19-14(2,3)4)9-7-6-8-10-12(16)18-5/h7,9,11H,6,8,10H2,1-5H3,(H,15,17)/b9-7+/t11-/m1/s1. The van der Waals surface area contributed by atoms with E-state index in [2.05, 4.69) is 10.1 Å². The number of alkyl carbamates (subject to hydrolysis) is 1. The monoisotopic (exact) mass is 271 g/mol. The minimum absolute atomic E-state index is 0.104. The number of rotatable bonds is 6. The van der Waals surface area contributed by atoms with E-state index in [0.29, 0.717) is 6.42 Å². The molecule has 5 heteroatoms. The lowest BCUT2D eigenvalue weighted by atomic mass is 10.2. The Morgan fingerprint density at radius 1 is 1.32 bits per heavy atom. The van der Waals surface area contributed by atoms with Crippen molar-refractivity contribution in [3.8, 4) is 0 Å². The summed E-state index contributed by atoms with van der Waals surface area (Å²) in [5.41, 5.74) is -0.492. The van der Waals surface area contributed by atoms with E-state index in [1.807, 2.05) is 39.8 Å². The Balaban J connectivity index is 3.82. The molecule has 0 aliphatic carbocycles. The number of hydrogen-bond acceptors (Lipinski definition) is 4. The smallest absolute Gasteiger partial charge is 0.408 e. The number of esters is 1. The Morgan fingerprint density at radius 3 is 2.47 bits per heavy atom. The molecule has 0 aliphatic heterocycles. The minimum Gasteiger partial charge on any atom is -0.469 e. The first-order valence-corrected chi connectivity index (χ1v) is 6.47. The lowest BCUT2D eigenvalue weighted by Gasteiger charge is -2.20. The maximum absolute atomic E-state index is 11.5. The molecule has 1 atom stereocenters. The van der Waals surface area contributed by atoms with Gasteiger partial charge >= 0.3 is 12.1 Å². The molecule has 0 saturated heterocycles. The van der Waals surface area contributed by atoms with Crippen LogP contribution >= 0.6 is 0 Å². The van der Waals surface area contributed by atoms with E-state index >= 15 is 0 Å². The Morgan fingerprint density at radius 2 is 1.95 bits per heavy atom. The minimum atomic E-state index is -0.492. The van der Waals surface area contributed by atoms with Gasteiger partial charge in [-0.05, 0) is 40.5 Å². The van der Waals surface area contributed by atoms with Gasteiger partial charge in [-0.2, -0.15) is 0 Å². The molecule has 0 radical (unpaired) electrons. The zero-order chi connectivity index (χ0) is 14.9. The maximum Gasteiger partial charge on any atom is 0.408 e. The molecular formula is C14H25NO4. The number of unbranched alkanes of at least 4 members (excludes halogenated alkanes) is 1. The summed E-state index contributed by atoms with van der Waals surface area (Å²) in [6.07, 6.45) is 5.30. The van der Waals surface area contributed by atoms with E-state index < -0.39 is 11.7 Å². The first-order valence-electron chi connectivity index (χ1n) is 6.47. The number of methoxy groups -OCH3 is 1. The fourth-order valence-corrected chi connectivity index (χ4v) is 1.31. The molecule has 0 unspecified atom stereocenters. The fraction of sp³-hybridized carbons (Fsp3) is 0.714. The molecule has 0 aliphatic rings. The average molecular weight is 271 g/mol. The molecule has 110 valence electrons. The first-order chi connectivity index (χ1) is 8.74. The summed E-state index contributed by atoms with van der Waals surface area (Å²) in [5, 5.41) is 2.71. The molecule has 0 aromatic rings. The second-order valence-electron chi connectivity index (χ2n) is 5.33. The summed E-state index contributed by atoms with van der Waals surface area (Å²) in [6, 6.07) is -0.104. The Hall–Kier alpha value is -1.52. The van der Waals surface area contributed by atoms with Gasteiger partial charge in [0.2, 0.25) is 0 Å². The predicted molar refractivity (Wildman–Crippen MR) is 73.8 cm³/mol. The van der Waals surface area contributed by atoms with E-state index in [0.717, 1.165) is 12.8 Å². The third-order valence-corrected chi connectivity index (χ3v) is 2.15. The number of carbonyl (C=O) groups is 2. The average Bonchev–Trinajstić information content (AvgIpc) is 2.25. The molecule has 0 bridgehead atoms. The third-order valence-electron chi connectivity index (χ3n) is 2.15. The molecule has 0 spiro atoms. The number of carbonyl (C=O) groups excluding carboxylic acids is 2. The van der Waals surface area contributed by atoms with Gasteiger partial charge in [-0.15, -0.1) is 0 Å². The van der Waals surface area contributed by atoms with Crippen LogP contribution in [0.2, 0.25) is 0 Å². The van der Waals surface area contributed by atoms with Crippen molar-refractivity contribution >= 4 is 12.1 Å². The largest absolute Gasteiger partial charge is 0.469 e. The Bertz CT molecular complexity index is 318. The van der Waals surface area contributed by atoms with E-state index in [1.165, 1.54) is 7.11 Å². The Labute approximate surface area is 115 Å². The molecular weight excluding hydrogens is 246 g/mol. The first kappa shape index (κ1) is 17.5. The highest BCUT2D eigenvalue weighted by atomic mass is 16.6. The van der Waals surface area contributed by atoms with Crippen LogP contribution in [0.25, 0.3) is 0 Å². The summed E-state index contributed by atoms with van der Waals surface area (Å²) in [6.45, 7) is 7.32. The zero-order valence-corrected chi connectivity index (χ0v) is 12.5. The highest BCUT2D eigenvalue weighted by Crippen LogP contribution is 2.07. The molecule has 0 aromatic carbocycles. The van der Waals surface area contributed by atoms with Crippen molar-refractivity contribution in [2.24, 2.45) is 0 Å². The molecule has 0 aromatic heterocycles. The van der Waals surface area contributed by atoms with Gasteiger partial charge in [0.05, 0.1) is 7.11 Å². The van der Waals surface area contributed by atoms with Crippen LogP contribution in [0.4, 0.5) is 4.79 Å². The van der Waals surface area contributed by atoms with Crippen LogP contribution < -0.4 is 5.32 Å². The summed E-state index contributed by atoms with van der Waals surface area (Å²) >= 11 is 0. The summed E-state index contributed by atoms with van der Waals surface area (Å²) in [5.74, 6) is -0.201. The number of nitrogens with one attached hydrogen (secondary N) is 1. The van der Waals surface area contributed by atoms with Crippen LogP contribution in [0.15, 0.2) is 12.2 Å². The van der Waals surface area contributed by atoms with Gasteiger partial charge in [0.1, 0.15) is 5.60 Å². The van der Waals surface area contributed by atoms with Gasteiger partial charge in [-0.1, -0.05) is 12.2 Å². The van der Waals surface area contributed by atoms with Gasteiger partial charge < -0.3 is 14.8 Å². The predicted octanol–water partition coefficient (Wildman–Crippen LogP) is 2.80. The van der Waals surface area contributed by atoms with Gasteiger partial charge in [0.15, 0.2) is 0 Å². The SMILES string of the molecule is COC(=O)CCC/C=C/[C@@H](C)NC(=O)OC(C)(C)C. The maximum atomic E-state index is 11.5. The van der Waals surface area contributed by atoms with Crippen molar-refractivity contribution in [2.75, 3.05) is 7.11 Å². The van der Waals surface area contributed by atoms with Gasteiger partial charge in [-0.25, -0.2) is 4.79 Å². The summed E-state index contributed by atoms with van der Waals surface area (Å²) in [7, 11) is 1.38. The van der Waals surface area contributed by atoms with E-state index in [4.69, 9.17) is 4.74 Å². The van der Waals surface area contributed by atoms with Gasteiger partial charge in [0, 0.05) is 12.5 Å². The van der Waals surface area contributed by atoms with Crippen LogP contribution in [0.1, 0.15) is 47.0 Å². The molecule has 1 N–H and O–H groups in total. The van der Waals surface area contributed by atoms with E-state index in [-0.39, 0.29) is 12.0 Å². The van der Waals surface area contributed by atoms with E-state index in [9.17, 15) is 9.59 Å².